The molecule has 8 nitrogen and oxygen atoms in total. The van der Waals surface area contributed by atoms with E-state index in [1.807, 2.05) is 24.3 Å². The first kappa shape index (κ1) is 22.2. The highest BCUT2D eigenvalue weighted by Gasteiger charge is 2.18. The lowest BCUT2D eigenvalue weighted by Crippen LogP contribution is -2.14. The molecule has 33 heavy (non-hydrogen) atoms. The zero-order chi connectivity index (χ0) is 23.6. The molecule has 1 aromatic heterocycles. The van der Waals surface area contributed by atoms with Crippen LogP contribution in [0.25, 0.3) is 10.9 Å². The van der Waals surface area contributed by atoms with Crippen LogP contribution in [0.5, 0.6) is 0 Å². The zero-order valence-corrected chi connectivity index (χ0v) is 18.9. The van der Waals surface area contributed by atoms with Crippen LogP contribution in [-0.2, 0) is 21.2 Å². The van der Waals surface area contributed by atoms with Crippen molar-refractivity contribution in [2.45, 2.75) is 18.4 Å². The molecule has 0 radical (unpaired) electrons. The van der Waals surface area contributed by atoms with Gasteiger partial charge in [0.05, 0.1) is 17.0 Å². The summed E-state index contributed by atoms with van der Waals surface area (Å²) in [4.78, 5) is 24.4. The van der Waals surface area contributed by atoms with Gasteiger partial charge < -0.3 is 10.6 Å². The minimum Gasteiger partial charge on any atom is -0.326 e. The molecule has 0 aliphatic carbocycles. The molecular formula is C24H22N4O4S. The monoisotopic (exact) mass is 462 g/mol. The van der Waals surface area contributed by atoms with Gasteiger partial charge in [-0.3, -0.25) is 14.3 Å². The molecule has 168 valence electrons. The van der Waals surface area contributed by atoms with E-state index in [1.54, 1.807) is 53.2 Å². The minimum atomic E-state index is -3.27. The van der Waals surface area contributed by atoms with E-state index in [0.717, 1.165) is 11.1 Å². The number of fused-ring (bicyclic) bond motifs is 1. The molecule has 1 heterocycles. The van der Waals surface area contributed by atoms with Crippen LogP contribution < -0.4 is 10.6 Å². The molecule has 4 rings (SSSR count). The number of aromatic nitrogens is 2. The Morgan fingerprint density at radius 2 is 1.48 bits per heavy atom. The maximum Gasteiger partial charge on any atom is 0.276 e. The van der Waals surface area contributed by atoms with Crippen LogP contribution in [0, 0.1) is 0 Å². The predicted molar refractivity (Wildman–Crippen MR) is 127 cm³/mol. The summed E-state index contributed by atoms with van der Waals surface area (Å²) in [5.41, 5.74) is 3.14. The van der Waals surface area contributed by atoms with E-state index in [0.29, 0.717) is 23.3 Å². The van der Waals surface area contributed by atoms with Gasteiger partial charge in [0.15, 0.2) is 15.5 Å². The third-order valence-corrected chi connectivity index (χ3v) is 6.15. The van der Waals surface area contributed by atoms with Gasteiger partial charge in [0, 0.05) is 29.9 Å². The Balaban J connectivity index is 1.59. The van der Waals surface area contributed by atoms with Crippen LogP contribution in [0.15, 0.2) is 77.7 Å². The number of benzene rings is 3. The van der Waals surface area contributed by atoms with E-state index in [2.05, 4.69) is 15.7 Å². The molecule has 0 aliphatic rings. The number of rotatable bonds is 6. The van der Waals surface area contributed by atoms with Crippen molar-refractivity contribution in [2.24, 2.45) is 0 Å². The average Bonchev–Trinajstić information content (AvgIpc) is 3.13. The van der Waals surface area contributed by atoms with Crippen molar-refractivity contribution in [3.05, 3.63) is 84.1 Å². The fraction of sp³-hybridized carbons (Fsp3) is 0.125. The maximum atomic E-state index is 13.0. The molecule has 0 aliphatic heterocycles. The van der Waals surface area contributed by atoms with Gasteiger partial charge in [-0.1, -0.05) is 30.3 Å². The summed E-state index contributed by atoms with van der Waals surface area (Å²) in [6.07, 6.45) is 1.17. The molecule has 2 amide bonds. The molecule has 0 saturated heterocycles. The van der Waals surface area contributed by atoms with Crippen LogP contribution >= 0.6 is 0 Å². The smallest absolute Gasteiger partial charge is 0.276 e. The SMILES string of the molecule is CC(=O)Nc1ccc(NC(=O)c2nn(Cc3ccc(S(C)(=O)=O)cc3)c3ccccc23)cc1. The fourth-order valence-corrected chi connectivity index (χ4v) is 4.09. The summed E-state index contributed by atoms with van der Waals surface area (Å²) in [7, 11) is -3.27. The van der Waals surface area contributed by atoms with Crippen molar-refractivity contribution in [1.29, 1.82) is 0 Å². The van der Waals surface area contributed by atoms with Gasteiger partial charge in [0.2, 0.25) is 5.91 Å². The van der Waals surface area contributed by atoms with Gasteiger partial charge >= 0.3 is 0 Å². The molecule has 0 spiro atoms. The van der Waals surface area contributed by atoms with Crippen LogP contribution in [0.1, 0.15) is 23.0 Å². The summed E-state index contributed by atoms with van der Waals surface area (Å²) >= 11 is 0. The lowest BCUT2D eigenvalue weighted by Gasteiger charge is -2.06. The Hall–Kier alpha value is -3.98. The molecule has 0 unspecified atom stereocenters. The van der Waals surface area contributed by atoms with E-state index in [1.165, 1.54) is 13.2 Å². The Morgan fingerprint density at radius 3 is 2.09 bits per heavy atom. The fourth-order valence-electron chi connectivity index (χ4n) is 3.46. The molecule has 4 aromatic rings. The number of hydrogen-bond donors (Lipinski definition) is 2. The number of anilines is 2. The van der Waals surface area contributed by atoms with Gasteiger partial charge in [-0.2, -0.15) is 5.10 Å². The highest BCUT2D eigenvalue weighted by Crippen LogP contribution is 2.22. The average molecular weight is 463 g/mol. The normalized spacial score (nSPS) is 11.3. The van der Waals surface area contributed by atoms with Gasteiger partial charge in [-0.15, -0.1) is 0 Å². The topological polar surface area (TPSA) is 110 Å². The molecule has 0 atom stereocenters. The molecule has 0 bridgehead atoms. The molecule has 0 saturated carbocycles. The second kappa shape index (κ2) is 8.87. The first-order valence-corrected chi connectivity index (χ1v) is 12.0. The van der Waals surface area contributed by atoms with Crippen LogP contribution in [0.3, 0.4) is 0 Å². The largest absolute Gasteiger partial charge is 0.326 e. The van der Waals surface area contributed by atoms with Crippen molar-refractivity contribution in [1.82, 2.24) is 9.78 Å². The minimum absolute atomic E-state index is 0.172. The first-order chi connectivity index (χ1) is 15.7. The lowest BCUT2D eigenvalue weighted by molar-refractivity contribution is -0.114. The van der Waals surface area contributed by atoms with E-state index in [4.69, 9.17) is 0 Å². The van der Waals surface area contributed by atoms with Gasteiger partial charge in [-0.05, 0) is 48.0 Å². The number of carbonyl (C=O) groups excluding carboxylic acids is 2. The number of nitrogens with zero attached hydrogens (tertiary/aromatic N) is 2. The van der Waals surface area contributed by atoms with Gasteiger partial charge in [0.1, 0.15) is 0 Å². The summed E-state index contributed by atoms with van der Waals surface area (Å²) in [5, 5.41) is 10.8. The molecule has 2 N–H and O–H groups in total. The highest BCUT2D eigenvalue weighted by molar-refractivity contribution is 7.90. The highest BCUT2D eigenvalue weighted by atomic mass is 32.2. The molecule has 0 fully saturated rings. The predicted octanol–water partition coefficient (Wildman–Crippen LogP) is 3.70. The molecule has 3 aromatic carbocycles. The maximum absolute atomic E-state index is 13.0. The number of carbonyl (C=O) groups is 2. The number of nitrogens with one attached hydrogen (secondary N) is 2. The van der Waals surface area contributed by atoms with Crippen molar-refractivity contribution in [3.63, 3.8) is 0 Å². The third-order valence-electron chi connectivity index (χ3n) is 5.02. The molecular weight excluding hydrogens is 440 g/mol. The van der Waals surface area contributed by atoms with E-state index in [-0.39, 0.29) is 22.4 Å². The summed E-state index contributed by atoms with van der Waals surface area (Å²) in [6, 6.07) is 20.8. The summed E-state index contributed by atoms with van der Waals surface area (Å²) in [6.45, 7) is 1.81. The van der Waals surface area contributed by atoms with Gasteiger partial charge in [-0.25, -0.2) is 8.42 Å². The second-order valence-electron chi connectivity index (χ2n) is 7.65. The van der Waals surface area contributed by atoms with E-state index >= 15 is 0 Å². The number of sulfone groups is 1. The quantitative estimate of drug-likeness (QED) is 0.454. The Morgan fingerprint density at radius 1 is 0.879 bits per heavy atom. The summed E-state index contributed by atoms with van der Waals surface area (Å²) in [5.74, 6) is -0.528. The number of hydrogen-bond acceptors (Lipinski definition) is 5. The van der Waals surface area contributed by atoms with Gasteiger partial charge in [0.25, 0.3) is 5.91 Å². The zero-order valence-electron chi connectivity index (χ0n) is 18.1. The second-order valence-corrected chi connectivity index (χ2v) is 9.67. The van der Waals surface area contributed by atoms with Crippen molar-refractivity contribution in [2.75, 3.05) is 16.9 Å². The number of para-hydroxylation sites is 1. The Bertz CT molecular complexity index is 1440. The lowest BCUT2D eigenvalue weighted by atomic mass is 10.2. The van der Waals surface area contributed by atoms with Crippen molar-refractivity contribution < 1.29 is 18.0 Å². The van der Waals surface area contributed by atoms with Crippen LogP contribution in [0.2, 0.25) is 0 Å². The standard InChI is InChI=1S/C24H22N4O4S/c1-16(29)25-18-9-11-19(12-10-18)26-24(30)23-21-5-3-4-6-22(21)28(27-23)15-17-7-13-20(14-8-17)33(2,31)32/h3-14H,15H2,1-2H3,(H,25,29)(H,26,30). The van der Waals surface area contributed by atoms with Crippen molar-refractivity contribution >= 4 is 43.9 Å². The first-order valence-electron chi connectivity index (χ1n) is 10.1. The van der Waals surface area contributed by atoms with E-state index < -0.39 is 9.84 Å². The van der Waals surface area contributed by atoms with Crippen molar-refractivity contribution in [3.8, 4) is 0 Å². The van der Waals surface area contributed by atoms with Crippen LogP contribution in [-0.4, -0.2) is 36.3 Å². The molecule has 9 heteroatoms. The summed E-state index contributed by atoms with van der Waals surface area (Å²) < 4.78 is 25.1. The number of amides is 2. The van der Waals surface area contributed by atoms with E-state index in [9.17, 15) is 18.0 Å². The Kier molecular flexibility index (Phi) is 5.97. The third kappa shape index (κ3) is 5.09. The Labute approximate surface area is 191 Å². The van der Waals surface area contributed by atoms with Crippen LogP contribution in [0.4, 0.5) is 11.4 Å².